The van der Waals surface area contributed by atoms with E-state index in [9.17, 15) is 9.18 Å². The van der Waals surface area contributed by atoms with E-state index in [2.05, 4.69) is 37.6 Å². The number of benzene rings is 1. The van der Waals surface area contributed by atoms with Crippen molar-refractivity contribution in [3.63, 3.8) is 0 Å². The minimum atomic E-state index is -0.603. The maximum absolute atomic E-state index is 14.0. The van der Waals surface area contributed by atoms with Crippen LogP contribution >= 0.6 is 11.6 Å². The summed E-state index contributed by atoms with van der Waals surface area (Å²) in [6.45, 7) is 4.91. The number of ether oxygens (including phenoxy) is 1. The maximum Gasteiger partial charge on any atom is 0.255 e. The molecule has 2 aliphatic rings. The Morgan fingerprint density at radius 3 is 2.83 bits per heavy atom. The fraction of sp³-hybridized carbons (Fsp3) is 0.310. The number of piperidine rings is 1. The van der Waals surface area contributed by atoms with Crippen molar-refractivity contribution in [2.24, 2.45) is 17.8 Å². The van der Waals surface area contributed by atoms with Gasteiger partial charge < -0.3 is 15.0 Å². The molecule has 1 saturated heterocycles. The predicted molar refractivity (Wildman–Crippen MR) is 150 cm³/mol. The van der Waals surface area contributed by atoms with Gasteiger partial charge in [0.15, 0.2) is 5.65 Å². The monoisotopic (exact) mass is 559 g/mol. The third-order valence-corrected chi connectivity index (χ3v) is 8.44. The van der Waals surface area contributed by atoms with Crippen LogP contribution in [0.5, 0.6) is 5.75 Å². The third kappa shape index (κ3) is 4.23. The smallest absolute Gasteiger partial charge is 0.255 e. The molecule has 5 aromatic rings. The highest BCUT2D eigenvalue weighted by atomic mass is 35.5. The normalized spacial score (nSPS) is 19.8. The first-order chi connectivity index (χ1) is 19.5. The molecule has 2 fully saturated rings. The Balaban J connectivity index is 1.00. The van der Waals surface area contributed by atoms with Crippen LogP contribution in [0.25, 0.3) is 27.7 Å². The van der Waals surface area contributed by atoms with Crippen LogP contribution in [0, 0.1) is 23.6 Å². The van der Waals surface area contributed by atoms with Crippen LogP contribution in [0.4, 0.5) is 10.2 Å². The molecule has 5 heterocycles. The number of pyridine rings is 2. The molecule has 1 aromatic carbocycles. The number of hydrogen-bond donors (Lipinski definition) is 2. The second kappa shape index (κ2) is 9.78. The molecule has 40 heavy (non-hydrogen) atoms. The molecular formula is C29H27ClFN7O2. The predicted octanol–water partition coefficient (Wildman–Crippen LogP) is 4.97. The summed E-state index contributed by atoms with van der Waals surface area (Å²) in [5.74, 6) is 2.35. The number of carbonyl (C=O) groups is 1. The van der Waals surface area contributed by atoms with E-state index in [4.69, 9.17) is 21.3 Å². The number of rotatable bonds is 8. The minimum Gasteiger partial charge on any atom is -0.492 e. The number of amides is 1. The second-order valence-electron chi connectivity index (χ2n) is 10.4. The highest BCUT2D eigenvalue weighted by Crippen LogP contribution is 2.54. The first kappa shape index (κ1) is 24.8. The van der Waals surface area contributed by atoms with Crippen LogP contribution in [0.2, 0.25) is 5.02 Å². The third-order valence-electron chi connectivity index (χ3n) is 8.12. The molecule has 3 atom stereocenters. The van der Waals surface area contributed by atoms with Crippen LogP contribution < -0.4 is 15.0 Å². The van der Waals surface area contributed by atoms with Gasteiger partial charge in [0.2, 0.25) is 0 Å². The molecule has 0 radical (unpaired) electrons. The lowest BCUT2D eigenvalue weighted by atomic mass is 10.1. The van der Waals surface area contributed by atoms with Crippen LogP contribution in [0.1, 0.15) is 23.7 Å². The Bertz CT molecular complexity index is 1700. The zero-order valence-corrected chi connectivity index (χ0v) is 22.5. The Labute approximate surface area is 234 Å². The number of anilines is 1. The Morgan fingerprint density at radius 1 is 1.23 bits per heavy atom. The van der Waals surface area contributed by atoms with Crippen molar-refractivity contribution in [1.29, 1.82) is 0 Å². The lowest BCUT2D eigenvalue weighted by Crippen LogP contribution is -2.28. The second-order valence-corrected chi connectivity index (χ2v) is 10.8. The molecule has 204 valence electrons. The fourth-order valence-electron chi connectivity index (χ4n) is 6.16. The van der Waals surface area contributed by atoms with E-state index in [0.29, 0.717) is 30.9 Å². The number of hydrogen-bond acceptors (Lipinski definition) is 6. The number of aromatic nitrogens is 5. The Hall–Kier alpha value is -4.18. The summed E-state index contributed by atoms with van der Waals surface area (Å²) >= 11 is 6.01. The number of halogens is 2. The molecule has 11 heteroatoms. The lowest BCUT2D eigenvalue weighted by Gasteiger charge is -2.21. The molecule has 0 spiro atoms. The van der Waals surface area contributed by atoms with E-state index >= 15 is 0 Å². The maximum atomic E-state index is 14.0. The van der Waals surface area contributed by atoms with Crippen LogP contribution in [0.3, 0.4) is 0 Å². The Morgan fingerprint density at radius 2 is 2.08 bits per heavy atom. The molecule has 1 saturated carbocycles. The average molecular weight is 560 g/mol. The molecule has 0 bridgehead atoms. The standard InChI is InChI=1S/C29H27ClFN7O2/c1-2-40-17-10-19(27-20-12-34-35-28(20)36-38(27)13-17)16-6-7-25(33-11-16)37-14-21-18(22(21)15-37)8-9-32-29(39)26-23(30)4-3-5-24(26)31/h3-7,10-13,18,21-22H,2,8-9,14-15H2,1H3,(H,32,39)(H,35,36)/t18?,21-,22+. The van der Waals surface area contributed by atoms with E-state index in [-0.39, 0.29) is 10.6 Å². The highest BCUT2D eigenvalue weighted by molar-refractivity contribution is 6.33. The number of fused-ring (bicyclic) bond motifs is 4. The van der Waals surface area contributed by atoms with Gasteiger partial charge in [-0.25, -0.2) is 13.9 Å². The van der Waals surface area contributed by atoms with E-state index < -0.39 is 11.7 Å². The molecule has 1 aliphatic heterocycles. The van der Waals surface area contributed by atoms with Gasteiger partial charge in [-0.2, -0.15) is 5.10 Å². The van der Waals surface area contributed by atoms with Crippen molar-refractivity contribution in [3.8, 4) is 16.9 Å². The zero-order chi connectivity index (χ0) is 27.4. The zero-order valence-electron chi connectivity index (χ0n) is 21.8. The molecule has 1 unspecified atom stereocenters. The summed E-state index contributed by atoms with van der Waals surface area (Å²) in [7, 11) is 0. The Kier molecular flexibility index (Phi) is 6.07. The molecule has 9 nitrogen and oxygen atoms in total. The van der Waals surface area contributed by atoms with Gasteiger partial charge in [0, 0.05) is 37.0 Å². The summed E-state index contributed by atoms with van der Waals surface area (Å²) < 4.78 is 21.6. The lowest BCUT2D eigenvalue weighted by molar-refractivity contribution is 0.0948. The summed E-state index contributed by atoms with van der Waals surface area (Å²) in [5.41, 5.74) is 3.55. The van der Waals surface area contributed by atoms with Crippen LogP contribution in [-0.4, -0.2) is 56.9 Å². The summed E-state index contributed by atoms with van der Waals surface area (Å²) in [6, 6.07) is 10.4. The summed E-state index contributed by atoms with van der Waals surface area (Å²) in [6.07, 6.45) is 6.44. The SMILES string of the molecule is CCOc1cc(-c2ccc(N3C[C@@H]4C(CCNC(=O)c5c(F)cccc5Cl)[C@@H]4C3)nc2)c2c3cn[nH]c3nn2c1. The number of H-pyrrole nitrogens is 1. The van der Waals surface area contributed by atoms with Gasteiger partial charge in [-0.15, -0.1) is 5.10 Å². The van der Waals surface area contributed by atoms with E-state index in [1.54, 1.807) is 6.20 Å². The first-order valence-electron chi connectivity index (χ1n) is 13.4. The van der Waals surface area contributed by atoms with Gasteiger partial charge >= 0.3 is 0 Å². The molecule has 2 N–H and O–H groups in total. The van der Waals surface area contributed by atoms with E-state index in [0.717, 1.165) is 58.8 Å². The van der Waals surface area contributed by atoms with Crippen LogP contribution in [-0.2, 0) is 0 Å². The molecule has 4 aromatic heterocycles. The molecule has 1 amide bonds. The van der Waals surface area contributed by atoms with Crippen molar-refractivity contribution in [2.75, 3.05) is 31.1 Å². The minimum absolute atomic E-state index is 0.0892. The van der Waals surface area contributed by atoms with Gasteiger partial charge in [-0.3, -0.25) is 9.89 Å². The summed E-state index contributed by atoms with van der Waals surface area (Å²) in [4.78, 5) is 19.5. The van der Waals surface area contributed by atoms with Gasteiger partial charge in [0.25, 0.3) is 5.91 Å². The molecule has 7 rings (SSSR count). The van der Waals surface area contributed by atoms with Crippen molar-refractivity contribution < 1.29 is 13.9 Å². The topological polar surface area (TPSA) is 100 Å². The van der Waals surface area contributed by atoms with Crippen molar-refractivity contribution >= 4 is 39.9 Å². The number of nitrogens with zero attached hydrogens (tertiary/aromatic N) is 5. The number of aromatic amines is 1. The van der Waals surface area contributed by atoms with E-state index in [1.807, 2.05) is 29.9 Å². The van der Waals surface area contributed by atoms with Gasteiger partial charge in [-0.05, 0) is 61.4 Å². The number of carbonyl (C=O) groups excluding carboxylic acids is 1. The summed E-state index contributed by atoms with van der Waals surface area (Å²) in [5, 5.41) is 15.6. The highest BCUT2D eigenvalue weighted by Gasteiger charge is 2.55. The van der Waals surface area contributed by atoms with Crippen LogP contribution in [0.15, 0.2) is 55.0 Å². The van der Waals surface area contributed by atoms with E-state index in [1.165, 1.54) is 18.2 Å². The van der Waals surface area contributed by atoms with Crippen molar-refractivity contribution in [2.45, 2.75) is 13.3 Å². The van der Waals surface area contributed by atoms with Crippen molar-refractivity contribution in [1.82, 2.24) is 30.1 Å². The van der Waals surface area contributed by atoms with Gasteiger partial charge in [-0.1, -0.05) is 17.7 Å². The van der Waals surface area contributed by atoms with Gasteiger partial charge in [0.1, 0.15) is 17.4 Å². The van der Waals surface area contributed by atoms with Crippen molar-refractivity contribution in [3.05, 3.63) is 71.4 Å². The first-order valence-corrected chi connectivity index (χ1v) is 13.8. The number of nitrogens with one attached hydrogen (secondary N) is 2. The van der Waals surface area contributed by atoms with Gasteiger partial charge in [0.05, 0.1) is 40.5 Å². The largest absolute Gasteiger partial charge is 0.492 e. The quantitative estimate of drug-likeness (QED) is 0.278. The molecular weight excluding hydrogens is 533 g/mol. The average Bonchev–Trinajstić information content (AvgIpc) is 3.34. The fourth-order valence-corrected chi connectivity index (χ4v) is 6.41. The molecule has 1 aliphatic carbocycles.